The van der Waals surface area contributed by atoms with Crippen LogP contribution >= 0.6 is 0 Å². The van der Waals surface area contributed by atoms with Gasteiger partial charge in [-0.2, -0.15) is 18.3 Å². The molecule has 0 saturated carbocycles. The Hall–Kier alpha value is -3.89. The van der Waals surface area contributed by atoms with Crippen LogP contribution in [0.2, 0.25) is 0 Å². The molecule has 186 valence electrons. The van der Waals surface area contributed by atoms with E-state index in [2.05, 4.69) is 15.5 Å². The van der Waals surface area contributed by atoms with Crippen LogP contribution in [0.1, 0.15) is 28.0 Å². The quantitative estimate of drug-likeness (QED) is 0.391. The van der Waals surface area contributed by atoms with Gasteiger partial charge in [0.25, 0.3) is 5.91 Å². The highest BCUT2D eigenvalue weighted by Crippen LogP contribution is 2.20. The third-order valence-corrected chi connectivity index (χ3v) is 5.23. The van der Waals surface area contributed by atoms with Crippen molar-refractivity contribution in [3.8, 4) is 11.3 Å². The second-order valence-corrected chi connectivity index (χ2v) is 8.07. The number of aromatic amines is 1. The molecule has 3 aromatic rings. The summed E-state index contributed by atoms with van der Waals surface area (Å²) >= 11 is 0. The van der Waals surface area contributed by atoms with Gasteiger partial charge in [0, 0.05) is 36.1 Å². The summed E-state index contributed by atoms with van der Waals surface area (Å²) in [6, 6.07) is 11.8. The maximum Gasteiger partial charge on any atom is 0.405 e. The highest BCUT2D eigenvalue weighted by atomic mass is 19.4. The summed E-state index contributed by atoms with van der Waals surface area (Å²) in [4.78, 5) is 26.0. The van der Waals surface area contributed by atoms with E-state index >= 15 is 0 Å². The van der Waals surface area contributed by atoms with E-state index in [0.29, 0.717) is 41.9 Å². The van der Waals surface area contributed by atoms with Crippen molar-refractivity contribution in [2.45, 2.75) is 25.9 Å². The first-order valence-corrected chi connectivity index (χ1v) is 10.8. The predicted octanol–water partition coefficient (Wildman–Crippen LogP) is 4.91. The number of carbonyl (C=O) groups is 2. The lowest BCUT2D eigenvalue weighted by molar-refractivity contribution is -0.123. The van der Waals surface area contributed by atoms with Crippen molar-refractivity contribution in [1.82, 2.24) is 20.4 Å². The lowest BCUT2D eigenvalue weighted by Crippen LogP contribution is -2.34. The number of halogens is 4. The van der Waals surface area contributed by atoms with Crippen LogP contribution in [-0.4, -0.2) is 53.3 Å². The first-order valence-electron chi connectivity index (χ1n) is 10.8. The number of aryl methyl sites for hydroxylation is 2. The molecule has 3 rings (SSSR count). The van der Waals surface area contributed by atoms with Crippen LogP contribution in [0.25, 0.3) is 11.3 Å². The summed E-state index contributed by atoms with van der Waals surface area (Å²) in [7, 11) is 1.61. The van der Waals surface area contributed by atoms with E-state index in [9.17, 15) is 27.2 Å². The number of hydrogen-bond donors (Lipinski definition) is 3. The van der Waals surface area contributed by atoms with Gasteiger partial charge in [0.05, 0.1) is 5.69 Å². The van der Waals surface area contributed by atoms with Crippen molar-refractivity contribution in [1.29, 1.82) is 0 Å². The maximum atomic E-state index is 13.4. The lowest BCUT2D eigenvalue weighted by atomic mass is 10.1. The average Bonchev–Trinajstić information content (AvgIpc) is 3.27. The number of aromatic nitrogens is 2. The van der Waals surface area contributed by atoms with Crippen LogP contribution in [0.4, 0.5) is 28.0 Å². The normalized spacial score (nSPS) is 11.3. The Kier molecular flexibility index (Phi) is 8.10. The van der Waals surface area contributed by atoms with Crippen LogP contribution < -0.4 is 10.6 Å². The van der Waals surface area contributed by atoms with Crippen LogP contribution in [0.15, 0.2) is 48.5 Å². The smallest absolute Gasteiger partial charge is 0.343 e. The summed E-state index contributed by atoms with van der Waals surface area (Å²) in [6.45, 7) is 0.677. The molecule has 3 N–H and O–H groups in total. The fourth-order valence-corrected chi connectivity index (χ4v) is 3.28. The summed E-state index contributed by atoms with van der Waals surface area (Å²) in [5, 5.41) is 11.6. The van der Waals surface area contributed by atoms with E-state index in [1.807, 2.05) is 6.07 Å². The number of amides is 3. The number of benzene rings is 2. The molecule has 0 atom stereocenters. The third kappa shape index (κ3) is 7.56. The van der Waals surface area contributed by atoms with Gasteiger partial charge in [-0.3, -0.25) is 9.89 Å². The molecule has 2 aromatic carbocycles. The molecule has 11 heteroatoms. The number of carbonyl (C=O) groups excluding carboxylic acids is 2. The number of nitrogens with zero attached hydrogens (tertiary/aromatic N) is 2. The molecule has 0 unspecified atom stereocenters. The summed E-state index contributed by atoms with van der Waals surface area (Å²) < 4.78 is 50.4. The van der Waals surface area contributed by atoms with Crippen molar-refractivity contribution in [3.05, 3.63) is 71.2 Å². The Morgan fingerprint density at radius 3 is 2.60 bits per heavy atom. The first kappa shape index (κ1) is 25.7. The van der Waals surface area contributed by atoms with Crippen molar-refractivity contribution in [2.24, 2.45) is 0 Å². The van der Waals surface area contributed by atoms with Crippen LogP contribution in [0.3, 0.4) is 0 Å². The number of rotatable bonds is 8. The molecular formula is C24H25F4N5O2. The Morgan fingerprint density at radius 1 is 1.11 bits per heavy atom. The third-order valence-electron chi connectivity index (χ3n) is 5.23. The van der Waals surface area contributed by atoms with Gasteiger partial charge in [0.2, 0.25) is 0 Å². The fourth-order valence-electron chi connectivity index (χ4n) is 3.28. The first-order chi connectivity index (χ1) is 16.5. The Morgan fingerprint density at radius 2 is 1.89 bits per heavy atom. The van der Waals surface area contributed by atoms with E-state index in [1.54, 1.807) is 37.5 Å². The molecule has 3 amide bonds. The molecule has 7 nitrogen and oxygen atoms in total. The van der Waals surface area contributed by atoms with Crippen molar-refractivity contribution >= 4 is 17.6 Å². The molecule has 0 bridgehead atoms. The highest BCUT2D eigenvalue weighted by molar-refractivity contribution is 5.97. The molecule has 0 aliphatic carbocycles. The van der Waals surface area contributed by atoms with Gasteiger partial charge < -0.3 is 15.5 Å². The molecule has 0 radical (unpaired) electrons. The van der Waals surface area contributed by atoms with Crippen LogP contribution in [0, 0.1) is 12.7 Å². The van der Waals surface area contributed by atoms with Crippen molar-refractivity contribution in [3.63, 3.8) is 0 Å². The van der Waals surface area contributed by atoms with Crippen LogP contribution in [-0.2, 0) is 6.42 Å². The Labute approximate surface area is 199 Å². The Bertz CT molecular complexity index is 1190. The Balaban J connectivity index is 1.52. The maximum absolute atomic E-state index is 13.4. The lowest BCUT2D eigenvalue weighted by Gasteiger charge is -2.19. The summed E-state index contributed by atoms with van der Waals surface area (Å²) in [5.74, 6) is -1.23. The van der Waals surface area contributed by atoms with Gasteiger partial charge in [0.15, 0.2) is 0 Å². The average molecular weight is 491 g/mol. The SMILES string of the molecule is Cc1ccc(C(=O)NCC(F)(F)F)cc1NC(=O)N(C)CCCc1cc(-c2cccc(F)c2)n[nH]1. The van der Waals surface area contributed by atoms with E-state index < -0.39 is 24.7 Å². The van der Waals surface area contributed by atoms with Gasteiger partial charge in [-0.15, -0.1) is 0 Å². The fraction of sp³-hybridized carbons (Fsp3) is 0.292. The second kappa shape index (κ2) is 11.0. The minimum atomic E-state index is -4.52. The predicted molar refractivity (Wildman–Crippen MR) is 124 cm³/mol. The molecule has 0 fully saturated rings. The van der Waals surface area contributed by atoms with Gasteiger partial charge in [-0.05, 0) is 55.7 Å². The molecule has 1 aromatic heterocycles. The number of nitrogens with one attached hydrogen (secondary N) is 3. The second-order valence-electron chi connectivity index (χ2n) is 8.07. The zero-order chi connectivity index (χ0) is 25.6. The van der Waals surface area contributed by atoms with Crippen molar-refractivity contribution < 1.29 is 27.2 Å². The van der Waals surface area contributed by atoms with Gasteiger partial charge in [-0.1, -0.05) is 18.2 Å². The van der Waals surface area contributed by atoms with E-state index in [0.717, 1.165) is 5.69 Å². The van der Waals surface area contributed by atoms with Crippen LogP contribution in [0.5, 0.6) is 0 Å². The zero-order valence-corrected chi connectivity index (χ0v) is 19.2. The number of alkyl halides is 3. The highest BCUT2D eigenvalue weighted by Gasteiger charge is 2.28. The molecule has 0 spiro atoms. The standard InChI is InChI=1S/C24H25F4N5O2/c1-15-8-9-17(22(34)29-14-24(26,27)28)12-20(15)30-23(35)33(2)10-4-7-19-13-21(32-31-19)16-5-3-6-18(25)11-16/h3,5-6,8-9,11-13H,4,7,10,14H2,1-2H3,(H,29,34)(H,30,35)(H,31,32). The summed E-state index contributed by atoms with van der Waals surface area (Å²) in [6.07, 6.45) is -3.29. The number of urea groups is 1. The molecule has 0 aliphatic heterocycles. The minimum Gasteiger partial charge on any atom is -0.343 e. The van der Waals surface area contributed by atoms with E-state index in [-0.39, 0.29) is 11.4 Å². The largest absolute Gasteiger partial charge is 0.405 e. The van der Waals surface area contributed by atoms with Crippen molar-refractivity contribution in [2.75, 3.05) is 25.5 Å². The van der Waals surface area contributed by atoms with Gasteiger partial charge in [-0.25, -0.2) is 9.18 Å². The van der Waals surface area contributed by atoms with E-state index in [1.165, 1.54) is 29.2 Å². The molecule has 0 saturated heterocycles. The molecule has 35 heavy (non-hydrogen) atoms. The molecular weight excluding hydrogens is 466 g/mol. The number of anilines is 1. The van der Waals surface area contributed by atoms with E-state index in [4.69, 9.17) is 0 Å². The molecule has 1 heterocycles. The van der Waals surface area contributed by atoms with Gasteiger partial charge in [0.1, 0.15) is 12.4 Å². The number of hydrogen-bond acceptors (Lipinski definition) is 3. The zero-order valence-electron chi connectivity index (χ0n) is 19.2. The minimum absolute atomic E-state index is 0.00569. The molecule has 0 aliphatic rings. The number of H-pyrrole nitrogens is 1. The van der Waals surface area contributed by atoms with Gasteiger partial charge >= 0.3 is 12.2 Å². The monoisotopic (exact) mass is 491 g/mol. The summed E-state index contributed by atoms with van der Waals surface area (Å²) in [5.41, 5.74) is 3.11. The topological polar surface area (TPSA) is 90.1 Å².